The maximum absolute atomic E-state index is 13.6. The van der Waals surface area contributed by atoms with Crippen LogP contribution in [0.1, 0.15) is 50.2 Å². The Morgan fingerprint density at radius 3 is 2.79 bits per heavy atom. The minimum absolute atomic E-state index is 0.104. The zero-order valence-corrected chi connectivity index (χ0v) is 12.6. The third-order valence-electron chi connectivity index (χ3n) is 4.64. The van der Waals surface area contributed by atoms with Crippen LogP contribution in [-0.4, -0.2) is 13.6 Å². The first-order valence-corrected chi connectivity index (χ1v) is 7.33. The zero-order valence-electron chi connectivity index (χ0n) is 12.6. The van der Waals surface area contributed by atoms with E-state index in [9.17, 15) is 4.39 Å². The Morgan fingerprint density at radius 2 is 2.11 bits per heavy atom. The van der Waals surface area contributed by atoms with Gasteiger partial charge in [-0.15, -0.1) is 0 Å². The highest BCUT2D eigenvalue weighted by atomic mass is 19.1. The van der Waals surface area contributed by atoms with Crippen molar-refractivity contribution in [2.75, 3.05) is 13.6 Å². The van der Waals surface area contributed by atoms with Crippen LogP contribution in [0, 0.1) is 24.1 Å². The van der Waals surface area contributed by atoms with Gasteiger partial charge in [0.2, 0.25) is 0 Å². The van der Waals surface area contributed by atoms with E-state index in [1.54, 1.807) is 12.1 Å². The SMILES string of the molecule is CNCC1CCC(C)(C)CC1c1cc(F)ccc1C. The minimum atomic E-state index is -0.104. The van der Waals surface area contributed by atoms with Gasteiger partial charge < -0.3 is 5.32 Å². The van der Waals surface area contributed by atoms with E-state index in [1.807, 2.05) is 13.1 Å². The molecule has 2 rings (SSSR count). The van der Waals surface area contributed by atoms with Crippen LogP contribution in [0.5, 0.6) is 0 Å². The summed E-state index contributed by atoms with van der Waals surface area (Å²) >= 11 is 0. The lowest BCUT2D eigenvalue weighted by Gasteiger charge is -2.41. The molecule has 1 aliphatic rings. The van der Waals surface area contributed by atoms with Crippen LogP contribution in [0.2, 0.25) is 0 Å². The molecule has 0 saturated heterocycles. The number of halogens is 1. The lowest BCUT2D eigenvalue weighted by Crippen LogP contribution is -2.34. The van der Waals surface area contributed by atoms with Gasteiger partial charge in [0.05, 0.1) is 0 Å². The van der Waals surface area contributed by atoms with Crippen LogP contribution in [0.3, 0.4) is 0 Å². The Hall–Kier alpha value is -0.890. The van der Waals surface area contributed by atoms with Crippen LogP contribution in [0.15, 0.2) is 18.2 Å². The number of hydrogen-bond donors (Lipinski definition) is 1. The molecule has 1 N–H and O–H groups in total. The van der Waals surface area contributed by atoms with E-state index in [2.05, 4.69) is 26.1 Å². The summed E-state index contributed by atoms with van der Waals surface area (Å²) in [4.78, 5) is 0. The van der Waals surface area contributed by atoms with Gasteiger partial charge in [0.1, 0.15) is 5.82 Å². The molecular formula is C17H26FN. The van der Waals surface area contributed by atoms with Gasteiger partial charge in [0.25, 0.3) is 0 Å². The van der Waals surface area contributed by atoms with Gasteiger partial charge in [-0.3, -0.25) is 0 Å². The van der Waals surface area contributed by atoms with Crippen molar-refractivity contribution in [2.24, 2.45) is 11.3 Å². The third kappa shape index (κ3) is 3.36. The fourth-order valence-electron chi connectivity index (χ4n) is 3.52. The van der Waals surface area contributed by atoms with Crippen molar-refractivity contribution < 1.29 is 4.39 Å². The Kier molecular flexibility index (Phi) is 4.29. The highest BCUT2D eigenvalue weighted by molar-refractivity contribution is 5.31. The first-order chi connectivity index (χ1) is 8.93. The molecule has 0 aromatic heterocycles. The fraction of sp³-hybridized carbons (Fsp3) is 0.647. The molecule has 2 atom stereocenters. The summed E-state index contributed by atoms with van der Waals surface area (Å²) in [5.74, 6) is 0.998. The molecule has 2 heteroatoms. The summed E-state index contributed by atoms with van der Waals surface area (Å²) in [5.41, 5.74) is 2.81. The van der Waals surface area contributed by atoms with Crippen LogP contribution < -0.4 is 5.32 Å². The zero-order chi connectivity index (χ0) is 14.0. The van der Waals surface area contributed by atoms with Crippen molar-refractivity contribution in [3.8, 4) is 0 Å². The molecule has 19 heavy (non-hydrogen) atoms. The van der Waals surface area contributed by atoms with Gasteiger partial charge in [-0.25, -0.2) is 4.39 Å². The van der Waals surface area contributed by atoms with Crippen molar-refractivity contribution in [3.63, 3.8) is 0 Å². The predicted molar refractivity (Wildman–Crippen MR) is 78.9 cm³/mol. The molecule has 1 nitrogen and oxygen atoms in total. The summed E-state index contributed by atoms with van der Waals surface area (Å²) in [7, 11) is 2.01. The molecule has 0 radical (unpaired) electrons. The fourth-order valence-corrected chi connectivity index (χ4v) is 3.52. The number of rotatable bonds is 3. The molecule has 1 aromatic rings. The molecule has 0 amide bonds. The maximum atomic E-state index is 13.6. The Labute approximate surface area is 116 Å². The molecule has 1 aliphatic carbocycles. The van der Waals surface area contributed by atoms with E-state index < -0.39 is 0 Å². The van der Waals surface area contributed by atoms with Crippen molar-refractivity contribution in [1.29, 1.82) is 0 Å². The van der Waals surface area contributed by atoms with Gasteiger partial charge in [0.15, 0.2) is 0 Å². The lowest BCUT2D eigenvalue weighted by molar-refractivity contribution is 0.160. The standard InChI is InChI=1S/C17H26FN/c1-12-5-6-14(18)9-15(12)16-10-17(2,3)8-7-13(16)11-19-4/h5-6,9,13,16,19H,7-8,10-11H2,1-4H3. The summed E-state index contributed by atoms with van der Waals surface area (Å²) in [6.07, 6.45) is 3.66. The van der Waals surface area contributed by atoms with Crippen LogP contribution in [-0.2, 0) is 0 Å². The van der Waals surface area contributed by atoms with Crippen molar-refractivity contribution in [2.45, 2.75) is 46.0 Å². The highest BCUT2D eigenvalue weighted by Crippen LogP contribution is 2.47. The molecule has 1 saturated carbocycles. The molecule has 0 bridgehead atoms. The van der Waals surface area contributed by atoms with Crippen molar-refractivity contribution in [3.05, 3.63) is 35.1 Å². The minimum Gasteiger partial charge on any atom is -0.319 e. The summed E-state index contributed by atoms with van der Waals surface area (Å²) in [6.45, 7) is 7.80. The highest BCUT2D eigenvalue weighted by Gasteiger charge is 2.35. The molecular weight excluding hydrogens is 237 g/mol. The maximum Gasteiger partial charge on any atom is 0.123 e. The van der Waals surface area contributed by atoms with E-state index >= 15 is 0 Å². The largest absolute Gasteiger partial charge is 0.319 e. The number of nitrogens with one attached hydrogen (secondary N) is 1. The Bertz CT molecular complexity index is 439. The molecule has 2 unspecified atom stereocenters. The second-order valence-electron chi connectivity index (χ2n) is 6.83. The molecule has 0 spiro atoms. The molecule has 0 heterocycles. The van der Waals surface area contributed by atoms with E-state index in [0.717, 1.165) is 13.0 Å². The van der Waals surface area contributed by atoms with Crippen molar-refractivity contribution >= 4 is 0 Å². The van der Waals surface area contributed by atoms with Gasteiger partial charge in [-0.1, -0.05) is 19.9 Å². The topological polar surface area (TPSA) is 12.0 Å². The van der Waals surface area contributed by atoms with Crippen LogP contribution in [0.25, 0.3) is 0 Å². The molecule has 1 fully saturated rings. The first kappa shape index (κ1) is 14.5. The van der Waals surface area contributed by atoms with E-state index in [1.165, 1.54) is 24.0 Å². The Morgan fingerprint density at radius 1 is 1.37 bits per heavy atom. The van der Waals surface area contributed by atoms with Gasteiger partial charge >= 0.3 is 0 Å². The lowest BCUT2D eigenvalue weighted by atomic mass is 9.64. The summed E-state index contributed by atoms with van der Waals surface area (Å²) in [5, 5.41) is 3.30. The monoisotopic (exact) mass is 263 g/mol. The van der Waals surface area contributed by atoms with Crippen LogP contribution >= 0.6 is 0 Å². The second-order valence-corrected chi connectivity index (χ2v) is 6.83. The van der Waals surface area contributed by atoms with E-state index in [-0.39, 0.29) is 5.82 Å². The second kappa shape index (κ2) is 5.62. The van der Waals surface area contributed by atoms with E-state index in [0.29, 0.717) is 17.3 Å². The number of benzene rings is 1. The summed E-state index contributed by atoms with van der Waals surface area (Å²) in [6, 6.07) is 5.24. The smallest absolute Gasteiger partial charge is 0.123 e. The molecule has 0 aliphatic heterocycles. The average Bonchev–Trinajstić information content (AvgIpc) is 2.34. The summed E-state index contributed by atoms with van der Waals surface area (Å²) < 4.78 is 13.6. The number of aryl methyl sites for hydroxylation is 1. The first-order valence-electron chi connectivity index (χ1n) is 7.33. The molecule has 106 valence electrons. The molecule has 1 aromatic carbocycles. The van der Waals surface area contributed by atoms with E-state index in [4.69, 9.17) is 0 Å². The average molecular weight is 263 g/mol. The van der Waals surface area contributed by atoms with Crippen molar-refractivity contribution in [1.82, 2.24) is 5.32 Å². The normalized spacial score (nSPS) is 26.4. The quantitative estimate of drug-likeness (QED) is 0.859. The van der Waals surface area contributed by atoms with Gasteiger partial charge in [-0.2, -0.15) is 0 Å². The Balaban J connectivity index is 2.33. The number of hydrogen-bond acceptors (Lipinski definition) is 1. The van der Waals surface area contributed by atoms with Crippen LogP contribution in [0.4, 0.5) is 4.39 Å². The predicted octanol–water partition coefficient (Wildman–Crippen LogP) is 4.26. The van der Waals surface area contributed by atoms with Gasteiger partial charge in [0, 0.05) is 0 Å². The van der Waals surface area contributed by atoms with Gasteiger partial charge in [-0.05, 0) is 80.3 Å². The third-order valence-corrected chi connectivity index (χ3v) is 4.64.